The van der Waals surface area contributed by atoms with Crippen LogP contribution in [0.5, 0.6) is 0 Å². The van der Waals surface area contributed by atoms with Crippen molar-refractivity contribution < 1.29 is 0 Å². The van der Waals surface area contributed by atoms with E-state index in [-0.39, 0.29) is 0 Å². The van der Waals surface area contributed by atoms with Gasteiger partial charge in [0.05, 0.1) is 5.69 Å². The Morgan fingerprint density at radius 2 is 1.71 bits per heavy atom. The maximum Gasteiger partial charge on any atom is 0.0510 e. The van der Waals surface area contributed by atoms with Gasteiger partial charge >= 0.3 is 0 Å². The zero-order valence-electron chi connectivity index (χ0n) is 13.8. The zero-order chi connectivity index (χ0) is 16.4. The van der Waals surface area contributed by atoms with Crippen molar-refractivity contribution in [1.82, 2.24) is 10.3 Å². The lowest BCUT2D eigenvalue weighted by Crippen LogP contribution is -2.30. The monoisotopic (exact) mass is 338 g/mol. The summed E-state index contributed by atoms with van der Waals surface area (Å²) in [6.45, 7) is 0.909. The number of rotatable bonds is 4. The second-order valence-electron chi connectivity index (χ2n) is 6.75. The van der Waals surface area contributed by atoms with Crippen LogP contribution in [0.1, 0.15) is 37.7 Å². The summed E-state index contributed by atoms with van der Waals surface area (Å²) in [5.74, 6) is 0. The Labute approximate surface area is 148 Å². The summed E-state index contributed by atoms with van der Waals surface area (Å²) in [4.78, 5) is 3.60. The minimum Gasteiger partial charge on any atom is -0.354 e. The van der Waals surface area contributed by atoms with Gasteiger partial charge < -0.3 is 10.3 Å². The van der Waals surface area contributed by atoms with Gasteiger partial charge in [0, 0.05) is 28.5 Å². The van der Waals surface area contributed by atoms with Crippen molar-refractivity contribution in [3.63, 3.8) is 0 Å². The van der Waals surface area contributed by atoms with E-state index in [0.717, 1.165) is 11.6 Å². The van der Waals surface area contributed by atoms with Gasteiger partial charge in [-0.1, -0.05) is 61.2 Å². The normalized spacial score (nSPS) is 15.9. The molecule has 3 aromatic rings. The van der Waals surface area contributed by atoms with Gasteiger partial charge in [0.25, 0.3) is 0 Å². The van der Waals surface area contributed by atoms with E-state index in [9.17, 15) is 0 Å². The minimum absolute atomic E-state index is 0.658. The number of nitrogens with one attached hydrogen (secondary N) is 2. The molecule has 2 aromatic carbocycles. The Morgan fingerprint density at radius 3 is 2.50 bits per heavy atom. The fourth-order valence-electron chi connectivity index (χ4n) is 3.80. The molecule has 1 saturated carbocycles. The van der Waals surface area contributed by atoms with E-state index >= 15 is 0 Å². The van der Waals surface area contributed by atoms with Gasteiger partial charge in [0.2, 0.25) is 0 Å². The lowest BCUT2D eigenvalue weighted by atomic mass is 9.95. The van der Waals surface area contributed by atoms with Crippen LogP contribution in [-0.4, -0.2) is 11.0 Å². The molecule has 0 bridgehead atoms. The Bertz CT molecular complexity index is 813. The molecular formula is C21H23ClN2. The molecule has 0 amide bonds. The van der Waals surface area contributed by atoms with E-state index < -0.39 is 0 Å². The Balaban J connectivity index is 1.68. The molecule has 0 saturated heterocycles. The van der Waals surface area contributed by atoms with E-state index in [1.165, 1.54) is 59.8 Å². The van der Waals surface area contributed by atoms with E-state index in [2.05, 4.69) is 46.7 Å². The van der Waals surface area contributed by atoms with Gasteiger partial charge in [-0.3, -0.25) is 0 Å². The highest BCUT2D eigenvalue weighted by Crippen LogP contribution is 2.31. The third-order valence-electron chi connectivity index (χ3n) is 5.12. The first-order valence-corrected chi connectivity index (χ1v) is 9.28. The molecule has 1 heterocycles. The van der Waals surface area contributed by atoms with Gasteiger partial charge in [-0.05, 0) is 42.2 Å². The fourth-order valence-corrected chi connectivity index (χ4v) is 3.93. The molecule has 2 N–H and O–H groups in total. The molecule has 3 heteroatoms. The van der Waals surface area contributed by atoms with Crippen molar-refractivity contribution in [1.29, 1.82) is 0 Å². The second kappa shape index (κ2) is 7.00. The number of halogens is 1. The van der Waals surface area contributed by atoms with E-state index in [4.69, 9.17) is 11.6 Å². The van der Waals surface area contributed by atoms with Crippen molar-refractivity contribution >= 4 is 22.5 Å². The maximum atomic E-state index is 6.06. The number of aromatic amines is 1. The molecule has 0 unspecified atom stereocenters. The molecule has 0 spiro atoms. The highest BCUT2D eigenvalue weighted by atomic mass is 35.5. The lowest BCUT2D eigenvalue weighted by Gasteiger charge is -2.23. The van der Waals surface area contributed by atoms with Gasteiger partial charge in [-0.25, -0.2) is 0 Å². The summed E-state index contributed by atoms with van der Waals surface area (Å²) in [6.07, 6.45) is 6.71. The molecule has 0 atom stereocenters. The molecule has 0 radical (unpaired) electrons. The van der Waals surface area contributed by atoms with Crippen LogP contribution in [0.4, 0.5) is 0 Å². The number of hydrogen-bond acceptors (Lipinski definition) is 1. The Hall–Kier alpha value is -1.77. The lowest BCUT2D eigenvalue weighted by molar-refractivity contribution is 0.373. The summed E-state index contributed by atoms with van der Waals surface area (Å²) >= 11 is 6.06. The smallest absolute Gasteiger partial charge is 0.0510 e. The van der Waals surface area contributed by atoms with E-state index in [1.807, 2.05) is 12.1 Å². The summed E-state index contributed by atoms with van der Waals surface area (Å²) in [5.41, 5.74) is 4.95. The van der Waals surface area contributed by atoms with E-state index in [0.29, 0.717) is 6.04 Å². The van der Waals surface area contributed by atoms with Crippen molar-refractivity contribution in [2.45, 2.75) is 44.7 Å². The first kappa shape index (κ1) is 15.7. The number of aromatic nitrogens is 1. The summed E-state index contributed by atoms with van der Waals surface area (Å²) in [5, 5.41) is 5.88. The SMILES string of the molecule is Clc1ccc(-c2[nH]c3ccccc3c2CNC2CCCCC2)cc1. The van der Waals surface area contributed by atoms with Gasteiger partial charge in [-0.2, -0.15) is 0 Å². The molecule has 1 aromatic heterocycles. The number of hydrogen-bond donors (Lipinski definition) is 2. The van der Waals surface area contributed by atoms with E-state index in [1.54, 1.807) is 0 Å². The first-order chi connectivity index (χ1) is 11.8. The summed E-state index contributed by atoms with van der Waals surface area (Å²) < 4.78 is 0. The molecule has 124 valence electrons. The second-order valence-corrected chi connectivity index (χ2v) is 7.18. The Morgan fingerprint density at radius 1 is 0.958 bits per heavy atom. The summed E-state index contributed by atoms with van der Waals surface area (Å²) in [6, 6.07) is 17.3. The number of para-hydroxylation sites is 1. The molecule has 24 heavy (non-hydrogen) atoms. The van der Waals surface area contributed by atoms with Crippen LogP contribution in [0.3, 0.4) is 0 Å². The van der Waals surface area contributed by atoms with Crippen molar-refractivity contribution in [2.24, 2.45) is 0 Å². The number of fused-ring (bicyclic) bond motifs is 1. The largest absolute Gasteiger partial charge is 0.354 e. The van der Waals surface area contributed by atoms with Crippen molar-refractivity contribution in [3.05, 3.63) is 59.1 Å². The molecule has 2 nitrogen and oxygen atoms in total. The van der Waals surface area contributed by atoms with Gasteiger partial charge in [0.15, 0.2) is 0 Å². The number of H-pyrrole nitrogens is 1. The van der Waals surface area contributed by atoms with Crippen LogP contribution in [0.2, 0.25) is 5.02 Å². The predicted molar refractivity (Wildman–Crippen MR) is 102 cm³/mol. The molecule has 1 fully saturated rings. The van der Waals surface area contributed by atoms with Crippen LogP contribution in [0, 0.1) is 0 Å². The highest BCUT2D eigenvalue weighted by Gasteiger charge is 2.16. The Kier molecular flexibility index (Phi) is 4.59. The third-order valence-corrected chi connectivity index (χ3v) is 5.37. The predicted octanol–water partition coefficient (Wildman–Crippen LogP) is 5.91. The molecule has 1 aliphatic rings. The topological polar surface area (TPSA) is 27.8 Å². The number of benzene rings is 2. The average Bonchev–Trinajstić information content (AvgIpc) is 3.00. The maximum absolute atomic E-state index is 6.06. The van der Waals surface area contributed by atoms with Crippen LogP contribution >= 0.6 is 11.6 Å². The minimum atomic E-state index is 0.658. The van der Waals surface area contributed by atoms with Crippen molar-refractivity contribution in [2.75, 3.05) is 0 Å². The van der Waals surface area contributed by atoms with Crippen LogP contribution in [0.25, 0.3) is 22.2 Å². The van der Waals surface area contributed by atoms with Gasteiger partial charge in [0.1, 0.15) is 0 Å². The third kappa shape index (κ3) is 3.22. The van der Waals surface area contributed by atoms with Crippen LogP contribution in [0.15, 0.2) is 48.5 Å². The van der Waals surface area contributed by atoms with Crippen LogP contribution in [-0.2, 0) is 6.54 Å². The molecule has 1 aliphatic carbocycles. The molecular weight excluding hydrogens is 316 g/mol. The van der Waals surface area contributed by atoms with Crippen LogP contribution < -0.4 is 5.32 Å². The van der Waals surface area contributed by atoms with Gasteiger partial charge in [-0.15, -0.1) is 0 Å². The first-order valence-electron chi connectivity index (χ1n) is 8.90. The average molecular weight is 339 g/mol. The fraction of sp³-hybridized carbons (Fsp3) is 0.333. The molecule has 4 rings (SSSR count). The quantitative estimate of drug-likeness (QED) is 0.608. The van der Waals surface area contributed by atoms with Crippen molar-refractivity contribution in [3.8, 4) is 11.3 Å². The summed E-state index contributed by atoms with van der Waals surface area (Å²) in [7, 11) is 0. The highest BCUT2D eigenvalue weighted by molar-refractivity contribution is 6.30. The standard InChI is InChI=1S/C21H23ClN2/c22-16-12-10-15(11-13-16)21-19(14-23-17-6-2-1-3-7-17)18-8-4-5-9-20(18)24-21/h4-5,8-13,17,23-24H,1-3,6-7,14H2. The molecule has 0 aliphatic heterocycles. The zero-order valence-corrected chi connectivity index (χ0v) is 14.6.